The quantitative estimate of drug-likeness (QED) is 0.522. The minimum Gasteiger partial charge on any atom is -0.454 e. The molecule has 0 saturated carbocycles. The van der Waals surface area contributed by atoms with Gasteiger partial charge in [-0.05, 0) is 48.5 Å². The molecular weight excluding hydrogens is 334 g/mol. The fraction of sp³-hybridized carbons (Fsp3) is 0.100. The number of Topliss-reactive ketones (excluding diaryl/α,β-unsaturated/α-hetero) is 1. The number of nitrogens with zero attached hydrogens (tertiary/aromatic N) is 1. The second-order valence-electron chi connectivity index (χ2n) is 5.71. The van der Waals surface area contributed by atoms with E-state index in [4.69, 9.17) is 14.2 Å². The van der Waals surface area contributed by atoms with Gasteiger partial charge in [0, 0.05) is 23.6 Å². The summed E-state index contributed by atoms with van der Waals surface area (Å²) in [6.45, 7) is -0.202. The highest BCUT2D eigenvalue weighted by atomic mass is 16.7. The largest absolute Gasteiger partial charge is 0.454 e. The first-order chi connectivity index (χ1) is 12.7. The van der Waals surface area contributed by atoms with Crippen molar-refractivity contribution < 1.29 is 23.8 Å². The Morgan fingerprint density at radius 1 is 0.923 bits per heavy atom. The van der Waals surface area contributed by atoms with Crippen LogP contribution in [-0.4, -0.2) is 29.7 Å². The highest BCUT2D eigenvalue weighted by Gasteiger charge is 2.17. The second kappa shape index (κ2) is 6.76. The third-order valence-electron chi connectivity index (χ3n) is 4.01. The molecule has 0 radical (unpaired) electrons. The smallest absolute Gasteiger partial charge is 0.338 e. The Morgan fingerprint density at radius 3 is 2.58 bits per heavy atom. The van der Waals surface area contributed by atoms with E-state index < -0.39 is 5.97 Å². The van der Waals surface area contributed by atoms with Crippen LogP contribution in [0.4, 0.5) is 0 Å². The number of fused-ring (bicyclic) bond motifs is 1. The van der Waals surface area contributed by atoms with Crippen LogP contribution < -0.4 is 9.47 Å². The molecule has 130 valence electrons. The van der Waals surface area contributed by atoms with Crippen LogP contribution in [0.5, 0.6) is 11.5 Å². The first-order valence-electron chi connectivity index (χ1n) is 8.04. The van der Waals surface area contributed by atoms with Crippen molar-refractivity contribution in [2.75, 3.05) is 13.4 Å². The van der Waals surface area contributed by atoms with Crippen molar-refractivity contribution in [3.05, 3.63) is 78.1 Å². The van der Waals surface area contributed by atoms with Crippen LogP contribution in [0.2, 0.25) is 0 Å². The van der Waals surface area contributed by atoms with E-state index in [0.29, 0.717) is 22.6 Å². The molecule has 6 nitrogen and oxygen atoms in total. The van der Waals surface area contributed by atoms with Crippen molar-refractivity contribution in [1.82, 2.24) is 4.57 Å². The van der Waals surface area contributed by atoms with Crippen LogP contribution >= 0.6 is 0 Å². The Bertz CT molecular complexity index is 962. The van der Waals surface area contributed by atoms with Gasteiger partial charge in [0.1, 0.15) is 0 Å². The van der Waals surface area contributed by atoms with E-state index in [0.717, 1.165) is 5.69 Å². The van der Waals surface area contributed by atoms with Gasteiger partial charge < -0.3 is 18.8 Å². The molecule has 0 atom stereocenters. The molecule has 1 aliphatic heterocycles. The normalized spacial score (nSPS) is 12.0. The maximum absolute atomic E-state index is 12.3. The van der Waals surface area contributed by atoms with Gasteiger partial charge in [0.05, 0.1) is 5.56 Å². The molecule has 0 fully saturated rings. The van der Waals surface area contributed by atoms with Gasteiger partial charge in [-0.2, -0.15) is 0 Å². The number of carbonyl (C=O) groups excluding carboxylic acids is 2. The SMILES string of the molecule is O=C(COC(=O)c1cccc(-n2cccc2)c1)c1ccc2c(c1)OCO2. The zero-order chi connectivity index (χ0) is 17.9. The predicted octanol–water partition coefficient (Wildman–Crippen LogP) is 3.25. The third kappa shape index (κ3) is 3.17. The van der Waals surface area contributed by atoms with Crippen LogP contribution in [0.15, 0.2) is 67.0 Å². The molecule has 0 N–H and O–H groups in total. The lowest BCUT2D eigenvalue weighted by Crippen LogP contribution is -2.14. The summed E-state index contributed by atoms with van der Waals surface area (Å²) in [6.07, 6.45) is 3.77. The van der Waals surface area contributed by atoms with Crippen molar-refractivity contribution >= 4 is 11.8 Å². The fourth-order valence-electron chi connectivity index (χ4n) is 2.67. The molecule has 0 aliphatic carbocycles. The highest BCUT2D eigenvalue weighted by Crippen LogP contribution is 2.32. The molecule has 4 rings (SSSR count). The van der Waals surface area contributed by atoms with E-state index in [2.05, 4.69) is 0 Å². The van der Waals surface area contributed by atoms with Crippen LogP contribution in [-0.2, 0) is 4.74 Å². The number of ether oxygens (including phenoxy) is 3. The lowest BCUT2D eigenvalue weighted by atomic mass is 10.1. The van der Waals surface area contributed by atoms with Crippen molar-refractivity contribution in [1.29, 1.82) is 0 Å². The van der Waals surface area contributed by atoms with E-state index >= 15 is 0 Å². The van der Waals surface area contributed by atoms with Crippen LogP contribution in [0.25, 0.3) is 5.69 Å². The minimum atomic E-state index is -0.548. The van der Waals surface area contributed by atoms with Gasteiger partial charge >= 0.3 is 5.97 Å². The van der Waals surface area contributed by atoms with Gasteiger partial charge in [0.2, 0.25) is 6.79 Å². The molecule has 2 aromatic carbocycles. The Hall–Kier alpha value is -3.54. The highest BCUT2D eigenvalue weighted by molar-refractivity contribution is 6.00. The summed E-state index contributed by atoms with van der Waals surface area (Å²) in [4.78, 5) is 24.5. The molecule has 2 heterocycles. The van der Waals surface area contributed by atoms with Gasteiger partial charge in [0.25, 0.3) is 0 Å². The number of aromatic nitrogens is 1. The number of esters is 1. The summed E-state index contributed by atoms with van der Waals surface area (Å²) in [5, 5.41) is 0. The Labute approximate surface area is 149 Å². The van der Waals surface area contributed by atoms with E-state index in [1.165, 1.54) is 0 Å². The standard InChI is InChI=1S/C20H15NO5/c22-17(14-6-7-18-19(11-14)26-13-25-18)12-24-20(23)15-4-3-5-16(10-15)21-8-1-2-9-21/h1-11H,12-13H2. The monoisotopic (exact) mass is 349 g/mol. The zero-order valence-corrected chi connectivity index (χ0v) is 13.8. The first-order valence-corrected chi connectivity index (χ1v) is 8.04. The summed E-state index contributed by atoms with van der Waals surface area (Å²) in [5.41, 5.74) is 1.63. The Kier molecular flexibility index (Phi) is 4.15. The Morgan fingerprint density at radius 2 is 1.73 bits per heavy atom. The topological polar surface area (TPSA) is 66.8 Å². The molecule has 0 saturated heterocycles. The second-order valence-corrected chi connectivity index (χ2v) is 5.71. The molecule has 6 heteroatoms. The molecule has 3 aromatic rings. The van der Waals surface area contributed by atoms with Crippen molar-refractivity contribution in [2.24, 2.45) is 0 Å². The summed E-state index contributed by atoms with van der Waals surface area (Å²) in [6, 6.07) is 15.7. The van der Waals surface area contributed by atoms with Gasteiger partial charge in [-0.3, -0.25) is 4.79 Å². The number of ketones is 1. The average Bonchev–Trinajstić information content (AvgIpc) is 3.36. The number of hydrogen-bond acceptors (Lipinski definition) is 5. The van der Waals surface area contributed by atoms with E-state index in [9.17, 15) is 9.59 Å². The maximum atomic E-state index is 12.3. The van der Waals surface area contributed by atoms with Gasteiger partial charge in [0.15, 0.2) is 23.9 Å². The van der Waals surface area contributed by atoms with Gasteiger partial charge in [-0.25, -0.2) is 4.79 Å². The van der Waals surface area contributed by atoms with Crippen molar-refractivity contribution in [3.63, 3.8) is 0 Å². The maximum Gasteiger partial charge on any atom is 0.338 e. The number of benzene rings is 2. The number of rotatable bonds is 5. The molecule has 1 aliphatic rings. The molecule has 1 aromatic heterocycles. The third-order valence-corrected chi connectivity index (χ3v) is 4.01. The summed E-state index contributed by atoms with van der Waals surface area (Å²) in [7, 11) is 0. The zero-order valence-electron chi connectivity index (χ0n) is 13.8. The summed E-state index contributed by atoms with van der Waals surface area (Å²) < 4.78 is 17.5. The molecule has 26 heavy (non-hydrogen) atoms. The lowest BCUT2D eigenvalue weighted by molar-refractivity contribution is 0.0474. The van der Waals surface area contributed by atoms with Crippen LogP contribution in [0.1, 0.15) is 20.7 Å². The number of hydrogen-bond donors (Lipinski definition) is 0. The molecule has 0 bridgehead atoms. The molecule has 0 amide bonds. The van der Waals surface area contributed by atoms with Crippen LogP contribution in [0, 0.1) is 0 Å². The molecule has 0 unspecified atom stereocenters. The van der Waals surface area contributed by atoms with Crippen LogP contribution in [0.3, 0.4) is 0 Å². The molecular formula is C20H15NO5. The van der Waals surface area contributed by atoms with E-state index in [1.54, 1.807) is 36.4 Å². The average molecular weight is 349 g/mol. The first kappa shape index (κ1) is 16.0. The minimum absolute atomic E-state index is 0.139. The lowest BCUT2D eigenvalue weighted by Gasteiger charge is -2.07. The van der Waals surface area contributed by atoms with Crippen molar-refractivity contribution in [2.45, 2.75) is 0 Å². The Balaban J connectivity index is 1.42. The number of carbonyl (C=O) groups is 2. The van der Waals surface area contributed by atoms with Gasteiger partial charge in [-0.1, -0.05) is 6.07 Å². The predicted molar refractivity (Wildman–Crippen MR) is 92.9 cm³/mol. The fourth-order valence-corrected chi connectivity index (χ4v) is 2.67. The summed E-state index contributed by atoms with van der Waals surface area (Å²) >= 11 is 0. The van der Waals surface area contributed by atoms with Gasteiger partial charge in [-0.15, -0.1) is 0 Å². The molecule has 0 spiro atoms. The van der Waals surface area contributed by atoms with E-state index in [1.807, 2.05) is 35.2 Å². The van der Waals surface area contributed by atoms with E-state index in [-0.39, 0.29) is 19.2 Å². The summed E-state index contributed by atoms with van der Waals surface area (Å²) in [5.74, 6) is 0.258. The van der Waals surface area contributed by atoms with Crippen molar-refractivity contribution in [3.8, 4) is 17.2 Å².